The second-order valence-electron chi connectivity index (χ2n) is 6.27. The number of aromatic nitrogens is 1. The van der Waals surface area contributed by atoms with Gasteiger partial charge in [-0.05, 0) is 44.6 Å². The fourth-order valence-corrected chi connectivity index (χ4v) is 2.70. The van der Waals surface area contributed by atoms with Gasteiger partial charge in [0.2, 0.25) is 0 Å². The Labute approximate surface area is 133 Å². The van der Waals surface area contributed by atoms with Crippen molar-refractivity contribution in [1.82, 2.24) is 15.2 Å². The highest BCUT2D eigenvalue weighted by atomic mass is 35.5. The molecule has 2 heterocycles. The smallest absolute Gasteiger partial charge is 0.129 e. The van der Waals surface area contributed by atoms with Gasteiger partial charge in [0.25, 0.3) is 0 Å². The van der Waals surface area contributed by atoms with Crippen molar-refractivity contribution in [2.45, 2.75) is 26.8 Å². The number of hydrogen-bond acceptors (Lipinski definition) is 4. The van der Waals surface area contributed by atoms with Gasteiger partial charge in [0.15, 0.2) is 0 Å². The third kappa shape index (κ3) is 5.13. The number of halogens is 1. The largest absolute Gasteiger partial charge is 0.355 e. The van der Waals surface area contributed by atoms with Gasteiger partial charge in [0.1, 0.15) is 5.82 Å². The molecule has 118 valence electrons. The van der Waals surface area contributed by atoms with Crippen LogP contribution in [0.15, 0.2) is 12.1 Å². The molecule has 0 atom stereocenters. The van der Waals surface area contributed by atoms with Crippen molar-refractivity contribution >= 4 is 17.4 Å². The number of pyridine rings is 1. The number of anilines is 1. The van der Waals surface area contributed by atoms with E-state index in [1.165, 1.54) is 6.42 Å². The van der Waals surface area contributed by atoms with E-state index in [4.69, 9.17) is 16.6 Å². The van der Waals surface area contributed by atoms with Crippen LogP contribution in [0, 0.1) is 5.92 Å². The first kappa shape index (κ1) is 16.5. The fraction of sp³-hybridized carbons (Fsp3) is 0.688. The molecule has 1 aromatic heterocycles. The van der Waals surface area contributed by atoms with Crippen molar-refractivity contribution in [3.8, 4) is 0 Å². The molecule has 0 saturated carbocycles. The van der Waals surface area contributed by atoms with E-state index >= 15 is 0 Å². The molecule has 0 spiro atoms. The van der Waals surface area contributed by atoms with Crippen LogP contribution < -0.4 is 10.2 Å². The standard InChI is InChI=1S/C16H27ClN4/c1-13(2)11-18-12-15-14(17)5-6-16(19-15)21-8-4-7-20(3)9-10-21/h5-6,13,18H,4,7-12H2,1-3H3. The van der Waals surface area contributed by atoms with Crippen LogP contribution in [0.25, 0.3) is 0 Å². The second-order valence-corrected chi connectivity index (χ2v) is 6.67. The minimum atomic E-state index is 0.633. The van der Waals surface area contributed by atoms with Crippen molar-refractivity contribution in [2.24, 2.45) is 5.92 Å². The summed E-state index contributed by atoms with van der Waals surface area (Å²) in [5, 5.41) is 4.17. The summed E-state index contributed by atoms with van der Waals surface area (Å²) in [5.74, 6) is 1.68. The van der Waals surface area contributed by atoms with Crippen molar-refractivity contribution < 1.29 is 0 Å². The van der Waals surface area contributed by atoms with Crippen LogP contribution >= 0.6 is 11.6 Å². The molecule has 1 fully saturated rings. The zero-order chi connectivity index (χ0) is 15.2. The fourth-order valence-electron chi connectivity index (χ4n) is 2.53. The van der Waals surface area contributed by atoms with E-state index in [0.717, 1.165) is 55.8 Å². The minimum absolute atomic E-state index is 0.633. The lowest BCUT2D eigenvalue weighted by atomic mass is 10.2. The molecule has 0 radical (unpaired) electrons. The summed E-state index contributed by atoms with van der Waals surface area (Å²) in [6, 6.07) is 4.02. The lowest BCUT2D eigenvalue weighted by molar-refractivity contribution is 0.360. The summed E-state index contributed by atoms with van der Waals surface area (Å²) in [5.41, 5.74) is 0.951. The number of nitrogens with one attached hydrogen (secondary N) is 1. The highest BCUT2D eigenvalue weighted by molar-refractivity contribution is 6.31. The number of hydrogen-bond donors (Lipinski definition) is 1. The van der Waals surface area contributed by atoms with Gasteiger partial charge in [0, 0.05) is 26.2 Å². The predicted molar refractivity (Wildman–Crippen MR) is 90.1 cm³/mol. The maximum atomic E-state index is 6.28. The lowest BCUT2D eigenvalue weighted by Gasteiger charge is -2.22. The maximum Gasteiger partial charge on any atom is 0.129 e. The molecule has 21 heavy (non-hydrogen) atoms. The van der Waals surface area contributed by atoms with E-state index in [-0.39, 0.29) is 0 Å². The number of rotatable bonds is 5. The van der Waals surface area contributed by atoms with E-state index in [0.29, 0.717) is 5.92 Å². The average molecular weight is 311 g/mol. The first-order valence-electron chi connectivity index (χ1n) is 7.86. The van der Waals surface area contributed by atoms with Gasteiger partial charge >= 0.3 is 0 Å². The second kappa shape index (κ2) is 7.97. The summed E-state index contributed by atoms with van der Waals surface area (Å²) in [6.07, 6.45) is 1.18. The first-order chi connectivity index (χ1) is 10.1. The Morgan fingerprint density at radius 1 is 1.24 bits per heavy atom. The van der Waals surface area contributed by atoms with Crippen LogP contribution in [0.5, 0.6) is 0 Å². The normalized spacial score (nSPS) is 17.3. The van der Waals surface area contributed by atoms with E-state index in [9.17, 15) is 0 Å². The Morgan fingerprint density at radius 3 is 2.81 bits per heavy atom. The van der Waals surface area contributed by atoms with E-state index < -0.39 is 0 Å². The van der Waals surface area contributed by atoms with Crippen LogP contribution in [-0.4, -0.2) is 49.7 Å². The van der Waals surface area contributed by atoms with E-state index in [2.05, 4.69) is 36.0 Å². The third-order valence-corrected chi connectivity index (χ3v) is 4.14. The van der Waals surface area contributed by atoms with Gasteiger partial charge in [-0.25, -0.2) is 4.98 Å². The molecule has 0 amide bonds. The molecule has 1 aliphatic heterocycles. The Kier molecular flexibility index (Phi) is 6.27. The third-order valence-electron chi connectivity index (χ3n) is 3.79. The minimum Gasteiger partial charge on any atom is -0.355 e. The van der Waals surface area contributed by atoms with Gasteiger partial charge in [-0.1, -0.05) is 25.4 Å². The van der Waals surface area contributed by atoms with Crippen molar-refractivity contribution in [2.75, 3.05) is 44.7 Å². The number of likely N-dealkylation sites (N-methyl/N-ethyl adjacent to an activating group) is 1. The summed E-state index contributed by atoms with van der Waals surface area (Å²) < 4.78 is 0. The Hall–Kier alpha value is -0.840. The highest BCUT2D eigenvalue weighted by Crippen LogP contribution is 2.20. The highest BCUT2D eigenvalue weighted by Gasteiger charge is 2.15. The first-order valence-corrected chi connectivity index (χ1v) is 8.23. The zero-order valence-corrected chi connectivity index (χ0v) is 14.2. The van der Waals surface area contributed by atoms with Crippen LogP contribution in [0.2, 0.25) is 5.02 Å². The summed E-state index contributed by atoms with van der Waals surface area (Å²) in [4.78, 5) is 9.52. The molecule has 4 nitrogen and oxygen atoms in total. The van der Waals surface area contributed by atoms with Crippen molar-refractivity contribution in [3.63, 3.8) is 0 Å². The molecule has 0 aromatic carbocycles. The Balaban J connectivity index is 2.03. The summed E-state index contributed by atoms with van der Waals surface area (Å²) in [7, 11) is 2.18. The molecule has 1 aromatic rings. The molecule has 5 heteroatoms. The van der Waals surface area contributed by atoms with Gasteiger partial charge in [-0.15, -0.1) is 0 Å². The van der Waals surface area contributed by atoms with Gasteiger partial charge in [-0.3, -0.25) is 0 Å². The quantitative estimate of drug-likeness (QED) is 0.906. The van der Waals surface area contributed by atoms with Crippen LogP contribution in [0.4, 0.5) is 5.82 Å². The van der Waals surface area contributed by atoms with E-state index in [1.807, 2.05) is 12.1 Å². The Morgan fingerprint density at radius 2 is 2.05 bits per heavy atom. The van der Waals surface area contributed by atoms with Crippen LogP contribution in [0.3, 0.4) is 0 Å². The molecule has 0 bridgehead atoms. The van der Waals surface area contributed by atoms with Crippen LogP contribution in [-0.2, 0) is 6.54 Å². The van der Waals surface area contributed by atoms with Gasteiger partial charge < -0.3 is 15.1 Å². The predicted octanol–water partition coefficient (Wildman–Crippen LogP) is 2.62. The molecule has 1 aliphatic rings. The molecule has 2 rings (SSSR count). The molecular formula is C16H27ClN4. The monoisotopic (exact) mass is 310 g/mol. The van der Waals surface area contributed by atoms with Crippen molar-refractivity contribution in [3.05, 3.63) is 22.8 Å². The molecule has 1 saturated heterocycles. The SMILES string of the molecule is CC(C)CNCc1nc(N2CCCN(C)CC2)ccc1Cl. The maximum absolute atomic E-state index is 6.28. The topological polar surface area (TPSA) is 31.4 Å². The number of nitrogens with zero attached hydrogens (tertiary/aromatic N) is 3. The molecule has 1 N–H and O–H groups in total. The molecule has 0 unspecified atom stereocenters. The average Bonchev–Trinajstić information content (AvgIpc) is 2.65. The van der Waals surface area contributed by atoms with Gasteiger partial charge in [-0.2, -0.15) is 0 Å². The molecule has 0 aliphatic carbocycles. The Bertz CT molecular complexity index is 450. The van der Waals surface area contributed by atoms with E-state index in [1.54, 1.807) is 0 Å². The van der Waals surface area contributed by atoms with Crippen molar-refractivity contribution in [1.29, 1.82) is 0 Å². The summed E-state index contributed by atoms with van der Waals surface area (Å²) >= 11 is 6.28. The zero-order valence-electron chi connectivity index (χ0n) is 13.4. The lowest BCUT2D eigenvalue weighted by Crippen LogP contribution is -2.29. The van der Waals surface area contributed by atoms with Gasteiger partial charge in [0.05, 0.1) is 10.7 Å². The molecular weight excluding hydrogens is 284 g/mol. The van der Waals surface area contributed by atoms with Crippen LogP contribution in [0.1, 0.15) is 26.0 Å². The summed E-state index contributed by atoms with van der Waals surface area (Å²) in [6.45, 7) is 10.5.